The lowest BCUT2D eigenvalue weighted by Gasteiger charge is -2.40. The van der Waals surface area contributed by atoms with Gasteiger partial charge in [0.1, 0.15) is 11.6 Å². The van der Waals surface area contributed by atoms with Crippen molar-refractivity contribution in [1.82, 2.24) is 20.1 Å². The molecule has 1 saturated heterocycles. The number of aromatic nitrogens is 1. The predicted molar refractivity (Wildman–Crippen MR) is 151 cm³/mol. The first kappa shape index (κ1) is 30.0. The topological polar surface area (TPSA) is 66.4 Å². The summed E-state index contributed by atoms with van der Waals surface area (Å²) in [5.74, 6) is -0.552. The number of nitrogens with one attached hydrogen (secondary N) is 2. The summed E-state index contributed by atoms with van der Waals surface area (Å²) in [5, 5.41) is 5.76. The monoisotopic (exact) mass is 538 g/mol. The number of rotatable bonds is 8. The van der Waals surface area contributed by atoms with Gasteiger partial charge in [0.25, 0.3) is 0 Å². The quantitative estimate of drug-likeness (QED) is 0.378. The summed E-state index contributed by atoms with van der Waals surface area (Å²) in [4.78, 5) is 24.0. The van der Waals surface area contributed by atoms with Crippen LogP contribution in [-0.4, -0.2) is 48.5 Å². The lowest BCUT2D eigenvalue weighted by Crippen LogP contribution is -2.40. The second-order valence-corrected chi connectivity index (χ2v) is 11.1. The Bertz CT molecular complexity index is 1230. The molecule has 1 aliphatic heterocycles. The molecule has 2 amide bonds. The SMILES string of the molecule is CC(C)(C)C(c1cc(-c2cc(F)ccc2F)cn1Cc1ccccc1)N(C=O)CC1CCNC1.CNC(C)=O. The minimum Gasteiger partial charge on any atom is -0.359 e. The van der Waals surface area contributed by atoms with Crippen LogP contribution < -0.4 is 10.6 Å². The number of hydrogen-bond acceptors (Lipinski definition) is 3. The summed E-state index contributed by atoms with van der Waals surface area (Å²) in [6, 6.07) is 15.2. The first-order valence-electron chi connectivity index (χ1n) is 13.3. The van der Waals surface area contributed by atoms with E-state index in [-0.39, 0.29) is 22.9 Å². The normalized spacial score (nSPS) is 15.7. The van der Waals surface area contributed by atoms with Crippen LogP contribution in [-0.2, 0) is 16.1 Å². The molecular formula is C31H40F2N4O2. The molecule has 0 spiro atoms. The molecule has 39 heavy (non-hydrogen) atoms. The average molecular weight is 539 g/mol. The summed E-state index contributed by atoms with van der Waals surface area (Å²) < 4.78 is 30.8. The molecule has 1 fully saturated rings. The number of benzene rings is 2. The van der Waals surface area contributed by atoms with Crippen LogP contribution in [0.1, 0.15) is 51.4 Å². The van der Waals surface area contributed by atoms with Gasteiger partial charge in [0.15, 0.2) is 0 Å². The van der Waals surface area contributed by atoms with Crippen molar-refractivity contribution in [1.29, 1.82) is 0 Å². The molecule has 3 aromatic rings. The van der Waals surface area contributed by atoms with Gasteiger partial charge in [0.2, 0.25) is 12.3 Å². The number of nitrogens with zero attached hydrogens (tertiary/aromatic N) is 2. The maximum Gasteiger partial charge on any atom is 0.216 e. The predicted octanol–water partition coefficient (Wildman–Crippen LogP) is 5.39. The lowest BCUT2D eigenvalue weighted by molar-refractivity contribution is -0.123. The Morgan fingerprint density at radius 3 is 2.44 bits per heavy atom. The van der Waals surface area contributed by atoms with Crippen molar-refractivity contribution < 1.29 is 18.4 Å². The first-order chi connectivity index (χ1) is 18.5. The summed E-state index contributed by atoms with van der Waals surface area (Å²) >= 11 is 0. The van der Waals surface area contributed by atoms with Gasteiger partial charge < -0.3 is 20.1 Å². The fourth-order valence-corrected chi connectivity index (χ4v) is 5.03. The van der Waals surface area contributed by atoms with E-state index >= 15 is 0 Å². The van der Waals surface area contributed by atoms with Gasteiger partial charge in [-0.1, -0.05) is 51.1 Å². The van der Waals surface area contributed by atoms with E-state index in [4.69, 9.17) is 0 Å². The van der Waals surface area contributed by atoms with Crippen molar-refractivity contribution in [2.24, 2.45) is 11.3 Å². The van der Waals surface area contributed by atoms with Crippen LogP contribution in [0.25, 0.3) is 11.1 Å². The van der Waals surface area contributed by atoms with Crippen molar-refractivity contribution in [3.8, 4) is 11.1 Å². The van der Waals surface area contributed by atoms with E-state index in [1.165, 1.54) is 13.0 Å². The van der Waals surface area contributed by atoms with Gasteiger partial charge in [-0.3, -0.25) is 9.59 Å². The van der Waals surface area contributed by atoms with Gasteiger partial charge in [0, 0.05) is 50.1 Å². The van der Waals surface area contributed by atoms with Crippen LogP contribution in [0.15, 0.2) is 60.8 Å². The highest BCUT2D eigenvalue weighted by atomic mass is 19.1. The van der Waals surface area contributed by atoms with E-state index < -0.39 is 11.6 Å². The van der Waals surface area contributed by atoms with Crippen LogP contribution in [0.2, 0.25) is 0 Å². The summed E-state index contributed by atoms with van der Waals surface area (Å²) in [6.07, 6.45) is 3.85. The van der Waals surface area contributed by atoms with Crippen LogP contribution in [0, 0.1) is 23.0 Å². The Balaban J connectivity index is 0.000000771. The van der Waals surface area contributed by atoms with Crippen molar-refractivity contribution in [2.45, 2.75) is 46.7 Å². The Morgan fingerprint density at radius 2 is 1.87 bits per heavy atom. The first-order valence-corrected chi connectivity index (χ1v) is 13.3. The number of amides is 2. The standard InChI is InChI=1S/C28H33F2N3O.C3H7NO/c1-28(2,3)27(33(19-34)17-21-11-12-31-15-21)26-13-22(24-14-23(29)9-10-25(24)30)18-32(26)16-20-7-5-4-6-8-20;1-3(5)4-2/h4-10,13-14,18-19,21,27,31H,11-12,15-17H2,1-3H3;1-2H3,(H,4,5). The zero-order valence-corrected chi connectivity index (χ0v) is 23.5. The zero-order chi connectivity index (χ0) is 28.6. The molecule has 0 aliphatic carbocycles. The van der Waals surface area contributed by atoms with Gasteiger partial charge in [-0.05, 0) is 60.7 Å². The van der Waals surface area contributed by atoms with Crippen molar-refractivity contribution in [3.05, 3.63) is 83.7 Å². The number of carbonyl (C=O) groups excluding carboxylic acids is 2. The van der Waals surface area contributed by atoms with Crippen molar-refractivity contribution in [3.63, 3.8) is 0 Å². The third-order valence-electron chi connectivity index (χ3n) is 6.92. The van der Waals surface area contributed by atoms with Gasteiger partial charge in [-0.15, -0.1) is 0 Å². The molecule has 0 radical (unpaired) electrons. The zero-order valence-electron chi connectivity index (χ0n) is 23.5. The van der Waals surface area contributed by atoms with Gasteiger partial charge in [0.05, 0.1) is 6.04 Å². The van der Waals surface area contributed by atoms with Crippen LogP contribution in [0.4, 0.5) is 8.78 Å². The minimum atomic E-state index is -0.482. The highest BCUT2D eigenvalue weighted by Crippen LogP contribution is 2.41. The van der Waals surface area contributed by atoms with Crippen LogP contribution in [0.3, 0.4) is 0 Å². The van der Waals surface area contributed by atoms with Crippen molar-refractivity contribution >= 4 is 12.3 Å². The van der Waals surface area contributed by atoms with Gasteiger partial charge in [-0.25, -0.2) is 8.78 Å². The van der Waals surface area contributed by atoms with E-state index in [0.717, 1.165) is 49.3 Å². The number of hydrogen-bond donors (Lipinski definition) is 2. The fraction of sp³-hybridized carbons (Fsp3) is 0.419. The van der Waals surface area contributed by atoms with Gasteiger partial charge in [-0.2, -0.15) is 0 Å². The molecule has 2 unspecified atom stereocenters. The third-order valence-corrected chi connectivity index (χ3v) is 6.92. The maximum absolute atomic E-state index is 14.7. The molecule has 1 aliphatic rings. The molecular weight excluding hydrogens is 498 g/mol. The third kappa shape index (κ3) is 8.23. The molecule has 1 aromatic heterocycles. The number of halogens is 2. The molecule has 210 valence electrons. The average Bonchev–Trinajstić information content (AvgIpc) is 3.55. The van der Waals surface area contributed by atoms with E-state index in [9.17, 15) is 18.4 Å². The molecule has 2 N–H and O–H groups in total. The number of carbonyl (C=O) groups is 2. The Morgan fingerprint density at radius 1 is 1.18 bits per heavy atom. The van der Waals surface area contributed by atoms with E-state index in [1.807, 2.05) is 47.5 Å². The molecule has 0 bridgehead atoms. The maximum atomic E-state index is 14.7. The molecule has 2 heterocycles. The van der Waals surface area contributed by atoms with E-state index in [0.29, 0.717) is 24.6 Å². The van der Waals surface area contributed by atoms with Crippen LogP contribution >= 0.6 is 0 Å². The lowest BCUT2D eigenvalue weighted by atomic mass is 9.83. The second kappa shape index (κ2) is 13.5. The molecule has 4 rings (SSSR count). The Kier molecular flexibility index (Phi) is 10.4. The molecule has 0 saturated carbocycles. The Labute approximate surface area is 230 Å². The highest BCUT2D eigenvalue weighted by Gasteiger charge is 2.35. The van der Waals surface area contributed by atoms with Gasteiger partial charge >= 0.3 is 0 Å². The van der Waals surface area contributed by atoms with Crippen LogP contribution in [0.5, 0.6) is 0 Å². The minimum absolute atomic E-state index is 0.00463. The second-order valence-electron chi connectivity index (χ2n) is 11.1. The van der Waals surface area contributed by atoms with Crippen molar-refractivity contribution in [2.75, 3.05) is 26.7 Å². The molecule has 2 atom stereocenters. The highest BCUT2D eigenvalue weighted by molar-refractivity contribution is 5.72. The Hall–Kier alpha value is -3.52. The fourth-order valence-electron chi connectivity index (χ4n) is 5.03. The van der Waals surface area contributed by atoms with E-state index in [1.54, 1.807) is 7.05 Å². The summed E-state index contributed by atoms with van der Waals surface area (Å²) in [6.45, 7) is 10.9. The van der Waals surface area contributed by atoms with E-state index in [2.05, 4.69) is 36.0 Å². The largest absolute Gasteiger partial charge is 0.359 e. The smallest absolute Gasteiger partial charge is 0.216 e. The summed E-state index contributed by atoms with van der Waals surface area (Å²) in [5.41, 5.74) is 2.55. The molecule has 8 heteroatoms. The molecule has 6 nitrogen and oxygen atoms in total. The molecule has 2 aromatic carbocycles. The summed E-state index contributed by atoms with van der Waals surface area (Å²) in [7, 11) is 1.60.